The lowest BCUT2D eigenvalue weighted by molar-refractivity contribution is 0.317. The van der Waals surface area contributed by atoms with Crippen LogP contribution in [0.15, 0.2) is 12.2 Å². The number of rotatable bonds is 0. The summed E-state index contributed by atoms with van der Waals surface area (Å²) in [5, 5.41) is 0. The van der Waals surface area contributed by atoms with Gasteiger partial charge in [0.05, 0.1) is 0 Å². The fraction of sp³-hybridized carbons (Fsp3) is 0.778. The first-order valence-corrected chi connectivity index (χ1v) is 4.14. The van der Waals surface area contributed by atoms with E-state index >= 15 is 0 Å². The number of hydrogen-bond donors (Lipinski definition) is 0. The molecule has 0 radical (unpaired) electrons. The first-order chi connectivity index (χ1) is 4.79. The van der Waals surface area contributed by atoms with Crippen LogP contribution in [0.3, 0.4) is 0 Å². The van der Waals surface area contributed by atoms with Crippen LogP contribution in [-0.2, 0) is 0 Å². The van der Waals surface area contributed by atoms with Crippen molar-refractivity contribution in [3.63, 3.8) is 0 Å². The van der Waals surface area contributed by atoms with E-state index in [9.17, 15) is 0 Å². The van der Waals surface area contributed by atoms with Crippen molar-refractivity contribution in [2.75, 3.05) is 20.1 Å². The van der Waals surface area contributed by atoms with Gasteiger partial charge in [0.25, 0.3) is 0 Å². The summed E-state index contributed by atoms with van der Waals surface area (Å²) < 4.78 is 0. The van der Waals surface area contributed by atoms with E-state index in [0.717, 1.165) is 0 Å². The molecule has 0 aromatic carbocycles. The molecule has 0 spiro atoms. The van der Waals surface area contributed by atoms with Crippen LogP contribution >= 0.6 is 0 Å². The summed E-state index contributed by atoms with van der Waals surface area (Å²) in [5.41, 5.74) is 1.44. The quantitative estimate of drug-likeness (QED) is 0.464. The molecule has 1 aliphatic rings. The van der Waals surface area contributed by atoms with Gasteiger partial charge in [-0.15, -0.1) is 0 Å². The van der Waals surface area contributed by atoms with E-state index in [0.29, 0.717) is 0 Å². The third-order valence-corrected chi connectivity index (χ3v) is 2.17. The topological polar surface area (TPSA) is 3.24 Å². The van der Waals surface area contributed by atoms with Crippen molar-refractivity contribution in [3.05, 3.63) is 12.2 Å². The van der Waals surface area contributed by atoms with Crippen LogP contribution in [0.2, 0.25) is 0 Å². The Balaban J connectivity index is 2.29. The Hall–Kier alpha value is -0.300. The second kappa shape index (κ2) is 3.77. The Morgan fingerprint density at radius 3 is 2.80 bits per heavy atom. The molecule has 0 amide bonds. The van der Waals surface area contributed by atoms with Crippen LogP contribution in [0.1, 0.15) is 25.7 Å². The van der Waals surface area contributed by atoms with Crippen molar-refractivity contribution >= 4 is 0 Å². The third kappa shape index (κ3) is 2.53. The predicted molar refractivity (Wildman–Crippen MR) is 45.1 cm³/mol. The van der Waals surface area contributed by atoms with E-state index in [2.05, 4.69) is 18.5 Å². The molecule has 1 rings (SSSR count). The highest BCUT2D eigenvalue weighted by molar-refractivity contribution is 4.95. The molecular formula is C9H17N. The Bertz CT molecular complexity index is 118. The van der Waals surface area contributed by atoms with Crippen molar-refractivity contribution < 1.29 is 0 Å². The molecule has 58 valence electrons. The van der Waals surface area contributed by atoms with Gasteiger partial charge in [-0.1, -0.05) is 12.2 Å². The minimum Gasteiger partial charge on any atom is -0.306 e. The lowest BCUT2D eigenvalue weighted by Crippen LogP contribution is -2.22. The van der Waals surface area contributed by atoms with E-state index < -0.39 is 0 Å². The summed E-state index contributed by atoms with van der Waals surface area (Å²) in [6.45, 7) is 6.50. The van der Waals surface area contributed by atoms with Crippen LogP contribution < -0.4 is 0 Å². The number of hydrogen-bond acceptors (Lipinski definition) is 1. The molecule has 1 heteroatoms. The largest absolute Gasteiger partial charge is 0.306 e. The summed E-state index contributed by atoms with van der Waals surface area (Å²) in [6, 6.07) is 0. The fourth-order valence-electron chi connectivity index (χ4n) is 1.34. The average molecular weight is 139 g/mol. The second-order valence-electron chi connectivity index (χ2n) is 3.26. The van der Waals surface area contributed by atoms with Gasteiger partial charge in [0.2, 0.25) is 0 Å². The minimum absolute atomic E-state index is 1.20. The number of nitrogens with zero attached hydrogens (tertiary/aromatic N) is 1. The van der Waals surface area contributed by atoms with Gasteiger partial charge in [0, 0.05) is 6.54 Å². The Morgan fingerprint density at radius 2 is 2.00 bits per heavy atom. The maximum atomic E-state index is 4.02. The van der Waals surface area contributed by atoms with Crippen LogP contribution in [0.25, 0.3) is 0 Å². The summed E-state index contributed by atoms with van der Waals surface area (Å²) in [5.74, 6) is 0. The lowest BCUT2D eigenvalue weighted by atomic mass is 10.0. The van der Waals surface area contributed by atoms with Crippen LogP contribution in [-0.4, -0.2) is 25.0 Å². The summed E-state index contributed by atoms with van der Waals surface area (Å²) in [6.07, 6.45) is 5.14. The smallest absolute Gasteiger partial charge is 0.00154 e. The van der Waals surface area contributed by atoms with Gasteiger partial charge in [-0.2, -0.15) is 0 Å². The molecule has 10 heavy (non-hydrogen) atoms. The first-order valence-electron chi connectivity index (χ1n) is 4.14. The highest BCUT2D eigenvalue weighted by Crippen LogP contribution is 2.13. The molecular weight excluding hydrogens is 122 g/mol. The molecule has 1 heterocycles. The molecule has 0 aliphatic carbocycles. The molecule has 1 fully saturated rings. The van der Waals surface area contributed by atoms with E-state index in [4.69, 9.17) is 0 Å². The van der Waals surface area contributed by atoms with Gasteiger partial charge in [0.1, 0.15) is 0 Å². The van der Waals surface area contributed by atoms with Gasteiger partial charge in [-0.3, -0.25) is 0 Å². The van der Waals surface area contributed by atoms with Gasteiger partial charge >= 0.3 is 0 Å². The normalized spacial score (nSPS) is 23.9. The number of likely N-dealkylation sites (tertiary alicyclic amines) is 1. The highest BCUT2D eigenvalue weighted by atomic mass is 15.1. The molecule has 1 aliphatic heterocycles. The monoisotopic (exact) mass is 139 g/mol. The molecule has 1 saturated heterocycles. The summed E-state index contributed by atoms with van der Waals surface area (Å²) in [4.78, 5) is 2.39. The molecule has 0 bridgehead atoms. The molecule has 0 aromatic rings. The lowest BCUT2D eigenvalue weighted by Gasteiger charge is -2.20. The van der Waals surface area contributed by atoms with E-state index in [1.165, 1.54) is 44.3 Å². The van der Waals surface area contributed by atoms with Crippen molar-refractivity contribution in [2.24, 2.45) is 0 Å². The molecule has 0 unspecified atom stereocenters. The van der Waals surface area contributed by atoms with Gasteiger partial charge in [0.15, 0.2) is 0 Å². The second-order valence-corrected chi connectivity index (χ2v) is 3.26. The summed E-state index contributed by atoms with van der Waals surface area (Å²) >= 11 is 0. The van der Waals surface area contributed by atoms with Crippen molar-refractivity contribution in [1.29, 1.82) is 0 Å². The van der Waals surface area contributed by atoms with Crippen molar-refractivity contribution in [3.8, 4) is 0 Å². The SMILES string of the molecule is C=C1CCCCN(C)CC1. The standard InChI is InChI=1S/C9H17N/c1-9-5-3-4-7-10(2)8-6-9/h1,3-8H2,2H3. The minimum atomic E-state index is 1.20. The maximum Gasteiger partial charge on any atom is 0.00154 e. The van der Waals surface area contributed by atoms with Gasteiger partial charge in [-0.25, -0.2) is 0 Å². The molecule has 0 aromatic heterocycles. The van der Waals surface area contributed by atoms with Crippen LogP contribution in [0.4, 0.5) is 0 Å². The van der Waals surface area contributed by atoms with Gasteiger partial charge < -0.3 is 4.90 Å². The van der Waals surface area contributed by atoms with Crippen LogP contribution in [0, 0.1) is 0 Å². The fourth-order valence-corrected chi connectivity index (χ4v) is 1.34. The van der Waals surface area contributed by atoms with Gasteiger partial charge in [-0.05, 0) is 39.3 Å². The van der Waals surface area contributed by atoms with E-state index in [1.54, 1.807) is 0 Å². The maximum absolute atomic E-state index is 4.02. The van der Waals surface area contributed by atoms with Crippen molar-refractivity contribution in [2.45, 2.75) is 25.7 Å². The summed E-state index contributed by atoms with van der Waals surface area (Å²) in [7, 11) is 2.19. The zero-order chi connectivity index (χ0) is 7.40. The zero-order valence-corrected chi connectivity index (χ0v) is 6.90. The molecule has 0 atom stereocenters. The Kier molecular flexibility index (Phi) is 2.94. The third-order valence-electron chi connectivity index (χ3n) is 2.17. The molecule has 1 nitrogen and oxygen atoms in total. The molecule has 0 saturated carbocycles. The molecule has 0 N–H and O–H groups in total. The first kappa shape index (κ1) is 7.80. The van der Waals surface area contributed by atoms with E-state index in [1.807, 2.05) is 0 Å². The predicted octanol–water partition coefficient (Wildman–Crippen LogP) is 2.05. The highest BCUT2D eigenvalue weighted by Gasteiger charge is 2.04. The van der Waals surface area contributed by atoms with E-state index in [-0.39, 0.29) is 0 Å². The van der Waals surface area contributed by atoms with Crippen molar-refractivity contribution in [1.82, 2.24) is 4.90 Å². The average Bonchev–Trinajstić information content (AvgIpc) is 1.90. The Labute approximate surface area is 63.7 Å². The zero-order valence-electron chi connectivity index (χ0n) is 6.90. The van der Waals surface area contributed by atoms with Crippen LogP contribution in [0.5, 0.6) is 0 Å². The Morgan fingerprint density at radius 1 is 1.20 bits per heavy atom.